The van der Waals surface area contributed by atoms with Crippen LogP contribution in [0.5, 0.6) is 17.2 Å². The molecular formula is C20H18N4O3. The minimum atomic E-state index is 0.268. The molecule has 0 aliphatic heterocycles. The van der Waals surface area contributed by atoms with E-state index in [2.05, 4.69) is 38.8 Å². The van der Waals surface area contributed by atoms with Gasteiger partial charge in [0.25, 0.3) is 0 Å². The monoisotopic (exact) mass is 362 g/mol. The number of hydrogen-bond donors (Lipinski definition) is 1. The molecule has 3 aromatic carbocycles. The lowest BCUT2D eigenvalue weighted by Crippen LogP contribution is -1.99. The molecule has 0 aliphatic carbocycles. The zero-order valence-electron chi connectivity index (χ0n) is 14.8. The van der Waals surface area contributed by atoms with Crippen LogP contribution in [0.4, 0.5) is 0 Å². The molecule has 0 aliphatic rings. The first kappa shape index (κ1) is 16.8. The normalized spacial score (nSPS) is 10.7. The van der Waals surface area contributed by atoms with Gasteiger partial charge in [0.05, 0.1) is 7.11 Å². The van der Waals surface area contributed by atoms with Gasteiger partial charge in [-0.15, -0.1) is 5.10 Å². The van der Waals surface area contributed by atoms with Crippen molar-refractivity contribution in [1.82, 2.24) is 20.6 Å². The van der Waals surface area contributed by atoms with E-state index in [9.17, 15) is 0 Å². The van der Waals surface area contributed by atoms with Crippen LogP contribution in [0.2, 0.25) is 0 Å². The Morgan fingerprint density at radius 2 is 1.59 bits per heavy atom. The van der Waals surface area contributed by atoms with Crippen LogP contribution in [0.3, 0.4) is 0 Å². The van der Waals surface area contributed by atoms with Crippen LogP contribution in [0.15, 0.2) is 60.7 Å². The molecule has 0 spiro atoms. The van der Waals surface area contributed by atoms with Crippen LogP contribution < -0.4 is 14.2 Å². The van der Waals surface area contributed by atoms with E-state index in [0.717, 1.165) is 27.8 Å². The highest BCUT2D eigenvalue weighted by atomic mass is 16.5. The molecule has 1 heterocycles. The summed E-state index contributed by atoms with van der Waals surface area (Å²) in [6, 6.07) is 19.8. The molecule has 0 bridgehead atoms. The second kappa shape index (κ2) is 7.74. The third-order valence-corrected chi connectivity index (χ3v) is 4.09. The van der Waals surface area contributed by atoms with Crippen molar-refractivity contribution in [3.8, 4) is 17.2 Å². The third-order valence-electron chi connectivity index (χ3n) is 4.09. The topological polar surface area (TPSA) is 82.2 Å². The molecule has 0 saturated carbocycles. The zero-order chi connectivity index (χ0) is 18.5. The molecule has 0 saturated heterocycles. The van der Waals surface area contributed by atoms with E-state index in [-0.39, 0.29) is 6.61 Å². The van der Waals surface area contributed by atoms with E-state index < -0.39 is 0 Å². The van der Waals surface area contributed by atoms with Crippen molar-refractivity contribution in [1.29, 1.82) is 0 Å². The minimum Gasteiger partial charge on any atom is -0.497 e. The van der Waals surface area contributed by atoms with Gasteiger partial charge < -0.3 is 14.2 Å². The number of aromatic amines is 1. The number of H-pyrrole nitrogens is 1. The van der Waals surface area contributed by atoms with Crippen molar-refractivity contribution in [2.24, 2.45) is 0 Å². The summed E-state index contributed by atoms with van der Waals surface area (Å²) in [4.78, 5) is 0. The van der Waals surface area contributed by atoms with Gasteiger partial charge in [-0.1, -0.05) is 24.3 Å². The average Bonchev–Trinajstić information content (AvgIpc) is 3.24. The first-order chi connectivity index (χ1) is 13.3. The van der Waals surface area contributed by atoms with Crippen LogP contribution >= 0.6 is 0 Å². The SMILES string of the molecule is COc1ccc2cc(COc3cccc(OCc4nnn[nH]4)c3)ccc2c1. The molecule has 4 rings (SSSR count). The molecule has 0 fully saturated rings. The van der Waals surface area contributed by atoms with E-state index in [1.54, 1.807) is 7.11 Å². The fraction of sp³-hybridized carbons (Fsp3) is 0.150. The summed E-state index contributed by atoms with van der Waals surface area (Å²) in [6.45, 7) is 0.738. The summed E-state index contributed by atoms with van der Waals surface area (Å²) in [6.07, 6.45) is 0. The molecule has 0 amide bonds. The highest BCUT2D eigenvalue weighted by molar-refractivity contribution is 5.84. The third kappa shape index (κ3) is 4.14. The largest absolute Gasteiger partial charge is 0.497 e. The van der Waals surface area contributed by atoms with Crippen molar-refractivity contribution in [3.05, 3.63) is 72.1 Å². The summed E-state index contributed by atoms with van der Waals surface area (Å²) in [5.41, 5.74) is 1.09. The number of benzene rings is 3. The molecular weight excluding hydrogens is 344 g/mol. The predicted octanol–water partition coefficient (Wildman–Crippen LogP) is 3.52. The van der Waals surface area contributed by atoms with Crippen molar-refractivity contribution in [2.75, 3.05) is 7.11 Å². The Balaban J connectivity index is 1.40. The van der Waals surface area contributed by atoms with Gasteiger partial charge in [-0.05, 0) is 57.1 Å². The number of fused-ring (bicyclic) bond motifs is 1. The lowest BCUT2D eigenvalue weighted by molar-refractivity contribution is 0.284. The van der Waals surface area contributed by atoms with Gasteiger partial charge in [0, 0.05) is 6.07 Å². The summed E-state index contributed by atoms with van der Waals surface area (Å²) in [7, 11) is 1.67. The number of hydrogen-bond acceptors (Lipinski definition) is 6. The van der Waals surface area contributed by atoms with Crippen molar-refractivity contribution in [3.63, 3.8) is 0 Å². The predicted molar refractivity (Wildman–Crippen MR) is 99.8 cm³/mol. The Morgan fingerprint density at radius 1 is 0.815 bits per heavy atom. The number of rotatable bonds is 7. The second-order valence-corrected chi connectivity index (χ2v) is 5.95. The molecule has 136 valence electrons. The summed E-state index contributed by atoms with van der Waals surface area (Å²) < 4.78 is 16.8. The van der Waals surface area contributed by atoms with Gasteiger partial charge in [-0.2, -0.15) is 0 Å². The van der Waals surface area contributed by atoms with Crippen molar-refractivity contribution in [2.45, 2.75) is 13.2 Å². The Morgan fingerprint density at radius 3 is 2.37 bits per heavy atom. The zero-order valence-corrected chi connectivity index (χ0v) is 14.8. The molecule has 0 unspecified atom stereocenters. The van der Waals surface area contributed by atoms with E-state index in [4.69, 9.17) is 14.2 Å². The summed E-state index contributed by atoms with van der Waals surface area (Å²) >= 11 is 0. The minimum absolute atomic E-state index is 0.268. The molecule has 1 aromatic heterocycles. The van der Waals surface area contributed by atoms with Crippen LogP contribution in [-0.4, -0.2) is 27.7 Å². The number of tetrazole rings is 1. The standard InChI is InChI=1S/C20H18N4O3/c1-25-17-8-7-15-9-14(5-6-16(15)10-17)12-26-18-3-2-4-19(11-18)27-13-20-21-23-24-22-20/h2-11H,12-13H2,1H3,(H,21,22,23,24). The van der Waals surface area contributed by atoms with Gasteiger partial charge in [0.2, 0.25) is 0 Å². The van der Waals surface area contributed by atoms with Crippen LogP contribution in [0, 0.1) is 0 Å². The number of methoxy groups -OCH3 is 1. The maximum atomic E-state index is 5.91. The maximum absolute atomic E-state index is 5.91. The summed E-state index contributed by atoms with van der Waals surface area (Å²) in [5.74, 6) is 2.84. The number of aromatic nitrogens is 4. The van der Waals surface area contributed by atoms with Gasteiger partial charge >= 0.3 is 0 Å². The van der Waals surface area contributed by atoms with Crippen molar-refractivity contribution >= 4 is 10.8 Å². The Bertz CT molecular complexity index is 1030. The lowest BCUT2D eigenvalue weighted by Gasteiger charge is -2.10. The molecule has 1 N–H and O–H groups in total. The fourth-order valence-corrected chi connectivity index (χ4v) is 2.70. The van der Waals surface area contributed by atoms with E-state index in [1.807, 2.05) is 42.5 Å². The maximum Gasteiger partial charge on any atom is 0.186 e. The Kier molecular flexibility index (Phi) is 4.82. The van der Waals surface area contributed by atoms with Crippen LogP contribution in [0.1, 0.15) is 11.4 Å². The fourth-order valence-electron chi connectivity index (χ4n) is 2.70. The highest BCUT2D eigenvalue weighted by Crippen LogP contribution is 2.24. The number of nitrogens with zero attached hydrogens (tertiary/aromatic N) is 3. The van der Waals surface area contributed by atoms with Crippen molar-refractivity contribution < 1.29 is 14.2 Å². The lowest BCUT2D eigenvalue weighted by atomic mass is 10.1. The molecule has 7 nitrogen and oxygen atoms in total. The highest BCUT2D eigenvalue weighted by Gasteiger charge is 2.03. The first-order valence-electron chi connectivity index (χ1n) is 8.45. The Labute approximate surface area is 155 Å². The van der Waals surface area contributed by atoms with E-state index >= 15 is 0 Å². The summed E-state index contributed by atoms with van der Waals surface area (Å²) in [5, 5.41) is 15.7. The van der Waals surface area contributed by atoms with E-state index in [0.29, 0.717) is 18.2 Å². The van der Waals surface area contributed by atoms with Gasteiger partial charge in [-0.25, -0.2) is 5.10 Å². The quantitative estimate of drug-likeness (QED) is 0.542. The van der Waals surface area contributed by atoms with Gasteiger partial charge in [0.15, 0.2) is 5.82 Å². The second-order valence-electron chi connectivity index (χ2n) is 5.95. The molecule has 4 aromatic rings. The number of ether oxygens (including phenoxy) is 3. The smallest absolute Gasteiger partial charge is 0.186 e. The molecule has 0 radical (unpaired) electrons. The molecule has 7 heteroatoms. The Hall–Kier alpha value is -3.61. The van der Waals surface area contributed by atoms with E-state index in [1.165, 1.54) is 0 Å². The van der Waals surface area contributed by atoms with Gasteiger partial charge in [0.1, 0.15) is 30.5 Å². The molecule has 27 heavy (non-hydrogen) atoms. The number of nitrogens with one attached hydrogen (secondary N) is 1. The van der Waals surface area contributed by atoms with Crippen LogP contribution in [0.25, 0.3) is 10.8 Å². The van der Waals surface area contributed by atoms with Gasteiger partial charge in [-0.3, -0.25) is 0 Å². The average molecular weight is 362 g/mol. The first-order valence-corrected chi connectivity index (χ1v) is 8.45. The van der Waals surface area contributed by atoms with Crippen LogP contribution in [-0.2, 0) is 13.2 Å². The molecule has 0 atom stereocenters.